The van der Waals surface area contributed by atoms with Crippen molar-refractivity contribution in [3.05, 3.63) is 12.0 Å². The number of aryl methyl sites for hydroxylation is 2. The molecular weight excluding hydrogens is 282 g/mol. The normalized spacial score (nSPS) is 14.8. The Morgan fingerprint density at radius 3 is 2.70 bits per heavy atom. The molecule has 0 radical (unpaired) electrons. The summed E-state index contributed by atoms with van der Waals surface area (Å²) < 4.78 is 27.8. The maximum atomic E-state index is 12.4. The van der Waals surface area contributed by atoms with Crippen LogP contribution in [0, 0.1) is 6.92 Å². The molecule has 1 heterocycles. The van der Waals surface area contributed by atoms with Gasteiger partial charge >= 0.3 is 0 Å². The zero-order valence-electron chi connectivity index (χ0n) is 12.1. The Hall–Kier alpha value is -1.61. The minimum atomic E-state index is -3.69. The third-order valence-electron chi connectivity index (χ3n) is 3.19. The first-order valence-electron chi connectivity index (χ1n) is 6.22. The third kappa shape index (κ3) is 3.28. The number of oxime groups is 1. The van der Waals surface area contributed by atoms with Gasteiger partial charge in [-0.15, -0.1) is 0 Å². The van der Waals surface area contributed by atoms with E-state index in [1.54, 1.807) is 18.4 Å². The molecule has 1 aromatic rings. The van der Waals surface area contributed by atoms with E-state index in [0.29, 0.717) is 12.4 Å². The number of hydrogen-bond acceptors (Lipinski definition) is 5. The van der Waals surface area contributed by atoms with Gasteiger partial charge in [0.2, 0.25) is 0 Å². The Morgan fingerprint density at radius 2 is 2.25 bits per heavy atom. The summed E-state index contributed by atoms with van der Waals surface area (Å²) in [6.07, 6.45) is 1.65. The average Bonchev–Trinajstić information content (AvgIpc) is 2.79. The van der Waals surface area contributed by atoms with Gasteiger partial charge in [0, 0.05) is 32.3 Å². The second kappa shape index (κ2) is 6.23. The first-order valence-corrected chi connectivity index (χ1v) is 7.66. The summed E-state index contributed by atoms with van der Waals surface area (Å²) in [5, 5.41) is 11.4. The SMILES string of the molecule is CCn1cc(S(=O)(=O)N(C)C(C)CC(N)=NO)nc1C. The van der Waals surface area contributed by atoms with Crippen molar-refractivity contribution in [3.8, 4) is 0 Å². The predicted octanol–water partition coefficient (Wildman–Crippen LogP) is 0.357. The largest absolute Gasteiger partial charge is 0.409 e. The second-order valence-corrected chi connectivity index (χ2v) is 6.52. The molecule has 0 spiro atoms. The molecule has 1 aromatic heterocycles. The smallest absolute Gasteiger partial charge is 0.262 e. The lowest BCUT2D eigenvalue weighted by molar-refractivity contribution is 0.313. The van der Waals surface area contributed by atoms with E-state index in [2.05, 4.69) is 10.1 Å². The Kier molecular flexibility index (Phi) is 5.12. The van der Waals surface area contributed by atoms with E-state index in [1.165, 1.54) is 17.5 Å². The Bertz CT molecular complexity index is 593. The van der Waals surface area contributed by atoms with Crippen LogP contribution in [0.25, 0.3) is 0 Å². The molecule has 0 aromatic carbocycles. The summed E-state index contributed by atoms with van der Waals surface area (Å²) in [7, 11) is -2.25. The van der Waals surface area contributed by atoms with Gasteiger partial charge in [0.1, 0.15) is 11.7 Å². The number of rotatable bonds is 6. The van der Waals surface area contributed by atoms with Crippen molar-refractivity contribution >= 4 is 15.9 Å². The molecule has 1 rings (SSSR count). The monoisotopic (exact) mass is 303 g/mol. The second-order valence-electron chi connectivity index (χ2n) is 4.58. The standard InChI is InChI=1S/C11H21N5O3S/c1-5-16-7-11(13-9(16)3)20(18,19)15(4)8(2)6-10(12)14-17/h7-8,17H,5-6H2,1-4H3,(H2,12,14). The van der Waals surface area contributed by atoms with Crippen LogP contribution in [0.4, 0.5) is 0 Å². The maximum absolute atomic E-state index is 12.4. The van der Waals surface area contributed by atoms with E-state index in [0.717, 1.165) is 0 Å². The van der Waals surface area contributed by atoms with Crippen molar-refractivity contribution in [1.29, 1.82) is 0 Å². The molecule has 20 heavy (non-hydrogen) atoms. The van der Waals surface area contributed by atoms with Crippen molar-refractivity contribution in [2.45, 2.75) is 44.8 Å². The van der Waals surface area contributed by atoms with Gasteiger partial charge in [0.25, 0.3) is 10.0 Å². The van der Waals surface area contributed by atoms with Gasteiger partial charge in [-0.25, -0.2) is 13.4 Å². The predicted molar refractivity (Wildman–Crippen MR) is 75.1 cm³/mol. The van der Waals surface area contributed by atoms with Gasteiger partial charge in [-0.1, -0.05) is 5.16 Å². The van der Waals surface area contributed by atoms with E-state index >= 15 is 0 Å². The highest BCUT2D eigenvalue weighted by atomic mass is 32.2. The zero-order valence-corrected chi connectivity index (χ0v) is 12.9. The quantitative estimate of drug-likeness (QED) is 0.341. The third-order valence-corrected chi connectivity index (χ3v) is 5.04. The van der Waals surface area contributed by atoms with Crippen molar-refractivity contribution < 1.29 is 13.6 Å². The fraction of sp³-hybridized carbons (Fsp3) is 0.636. The van der Waals surface area contributed by atoms with Crippen LogP contribution in [-0.4, -0.2) is 46.4 Å². The molecule has 1 atom stereocenters. The number of imidazole rings is 1. The van der Waals surface area contributed by atoms with Crippen molar-refractivity contribution in [1.82, 2.24) is 13.9 Å². The highest BCUT2D eigenvalue weighted by molar-refractivity contribution is 7.89. The van der Waals surface area contributed by atoms with Crippen LogP contribution in [0.1, 0.15) is 26.1 Å². The van der Waals surface area contributed by atoms with Crippen LogP contribution >= 0.6 is 0 Å². The number of amidine groups is 1. The molecule has 0 aliphatic heterocycles. The van der Waals surface area contributed by atoms with Gasteiger partial charge in [0.15, 0.2) is 5.03 Å². The van der Waals surface area contributed by atoms with Crippen LogP contribution in [0.2, 0.25) is 0 Å². The van der Waals surface area contributed by atoms with Crippen LogP contribution in [0.15, 0.2) is 16.4 Å². The van der Waals surface area contributed by atoms with Crippen LogP contribution in [-0.2, 0) is 16.6 Å². The first-order chi connectivity index (χ1) is 9.23. The lowest BCUT2D eigenvalue weighted by Gasteiger charge is -2.22. The summed E-state index contributed by atoms with van der Waals surface area (Å²) >= 11 is 0. The molecule has 1 unspecified atom stereocenters. The minimum absolute atomic E-state index is 0.00529. The van der Waals surface area contributed by atoms with Gasteiger partial charge in [-0.2, -0.15) is 4.31 Å². The Labute approximate surface area is 118 Å². The molecule has 0 bridgehead atoms. The maximum Gasteiger partial charge on any atom is 0.262 e. The summed E-state index contributed by atoms with van der Waals surface area (Å²) in [5.41, 5.74) is 5.40. The van der Waals surface area contributed by atoms with Gasteiger partial charge < -0.3 is 15.5 Å². The topological polar surface area (TPSA) is 114 Å². The summed E-state index contributed by atoms with van der Waals surface area (Å²) in [6.45, 7) is 6.00. The van der Waals surface area contributed by atoms with Crippen molar-refractivity contribution in [2.75, 3.05) is 7.05 Å². The van der Waals surface area contributed by atoms with E-state index < -0.39 is 16.1 Å². The lowest BCUT2D eigenvalue weighted by atomic mass is 10.2. The lowest BCUT2D eigenvalue weighted by Crippen LogP contribution is -2.38. The molecule has 0 saturated heterocycles. The highest BCUT2D eigenvalue weighted by Crippen LogP contribution is 2.17. The highest BCUT2D eigenvalue weighted by Gasteiger charge is 2.28. The first kappa shape index (κ1) is 16.4. The van der Waals surface area contributed by atoms with Crippen molar-refractivity contribution in [2.24, 2.45) is 10.9 Å². The zero-order chi connectivity index (χ0) is 15.5. The van der Waals surface area contributed by atoms with E-state index in [1.807, 2.05) is 6.92 Å². The number of sulfonamides is 1. The minimum Gasteiger partial charge on any atom is -0.409 e. The van der Waals surface area contributed by atoms with E-state index in [-0.39, 0.29) is 17.3 Å². The average molecular weight is 303 g/mol. The van der Waals surface area contributed by atoms with Gasteiger partial charge in [-0.05, 0) is 20.8 Å². The van der Waals surface area contributed by atoms with Crippen LogP contribution in [0.5, 0.6) is 0 Å². The summed E-state index contributed by atoms with van der Waals surface area (Å²) in [5.74, 6) is 0.624. The van der Waals surface area contributed by atoms with E-state index in [9.17, 15) is 8.42 Å². The fourth-order valence-corrected chi connectivity index (χ4v) is 3.13. The summed E-state index contributed by atoms with van der Waals surface area (Å²) in [4.78, 5) is 4.08. The van der Waals surface area contributed by atoms with Crippen LogP contribution in [0.3, 0.4) is 0 Å². The Balaban J connectivity index is 3.02. The molecule has 0 aliphatic carbocycles. The molecule has 8 nitrogen and oxygen atoms in total. The molecule has 0 aliphatic rings. The van der Waals surface area contributed by atoms with E-state index in [4.69, 9.17) is 10.9 Å². The molecule has 0 amide bonds. The molecule has 9 heteroatoms. The fourth-order valence-electron chi connectivity index (χ4n) is 1.78. The number of nitrogens with zero attached hydrogens (tertiary/aromatic N) is 4. The molecule has 0 saturated carbocycles. The molecule has 114 valence electrons. The Morgan fingerprint density at radius 1 is 1.65 bits per heavy atom. The number of nitrogens with two attached hydrogens (primary N) is 1. The molecule has 0 fully saturated rings. The van der Waals surface area contributed by atoms with Gasteiger partial charge in [0.05, 0.1) is 0 Å². The van der Waals surface area contributed by atoms with Gasteiger partial charge in [-0.3, -0.25) is 0 Å². The van der Waals surface area contributed by atoms with Crippen molar-refractivity contribution in [3.63, 3.8) is 0 Å². The summed E-state index contributed by atoms with van der Waals surface area (Å²) in [6, 6.07) is -0.442. The molecule has 3 N–H and O–H groups in total. The van der Waals surface area contributed by atoms with Crippen LogP contribution < -0.4 is 5.73 Å². The number of aromatic nitrogens is 2. The number of hydrogen-bond donors (Lipinski definition) is 2. The molecular formula is C11H21N5O3S.